The van der Waals surface area contributed by atoms with Crippen LogP contribution in [0.25, 0.3) is 0 Å². The van der Waals surface area contributed by atoms with Gasteiger partial charge in [0.2, 0.25) is 5.91 Å². The van der Waals surface area contributed by atoms with Crippen LogP contribution in [0.4, 0.5) is 0 Å². The zero-order valence-corrected chi connectivity index (χ0v) is 14.5. The number of likely N-dealkylation sites (N-methyl/N-ethyl adjacent to an activating group) is 1. The minimum atomic E-state index is -0.958. The highest BCUT2D eigenvalue weighted by atomic mass is 16.9. The van der Waals surface area contributed by atoms with Gasteiger partial charge in [-0.3, -0.25) is 9.59 Å². The highest BCUT2D eigenvalue weighted by molar-refractivity contribution is 5.87. The van der Waals surface area contributed by atoms with Crippen LogP contribution in [0.3, 0.4) is 0 Å². The van der Waals surface area contributed by atoms with Gasteiger partial charge in [0, 0.05) is 7.05 Å². The Balaban J connectivity index is 1.77. The van der Waals surface area contributed by atoms with Crippen molar-refractivity contribution in [2.75, 3.05) is 13.6 Å². The molecule has 3 saturated heterocycles. The Hall–Kier alpha value is -1.26. The van der Waals surface area contributed by atoms with Crippen molar-refractivity contribution >= 4 is 11.8 Å². The molecule has 0 aliphatic carbocycles. The normalized spacial score (nSPS) is 39.0. The number of ether oxygens (including phenoxy) is 5. The van der Waals surface area contributed by atoms with Gasteiger partial charge in [-0.1, -0.05) is 0 Å². The topological polar surface area (TPSA) is 104 Å². The van der Waals surface area contributed by atoms with Crippen molar-refractivity contribution in [1.29, 1.82) is 0 Å². The van der Waals surface area contributed by atoms with Crippen LogP contribution in [-0.2, 0) is 33.3 Å². The van der Waals surface area contributed by atoms with Crippen molar-refractivity contribution in [2.24, 2.45) is 0 Å². The molecule has 3 fully saturated rings. The maximum Gasteiger partial charge on any atom is 0.252 e. The SMILES string of the molecule is CNC(=O)CNC(=O)[C@@H]1O[C@@H]2OC(C)(C)O[C@@H]2[C@@H]2OC(C)(C)O[C@H]21. The molecule has 0 aromatic heterocycles. The number of nitrogens with one attached hydrogen (secondary N) is 2. The van der Waals surface area contributed by atoms with Crippen molar-refractivity contribution < 1.29 is 33.3 Å². The Morgan fingerprint density at radius 1 is 0.917 bits per heavy atom. The Kier molecular flexibility index (Phi) is 4.33. The lowest BCUT2D eigenvalue weighted by molar-refractivity contribution is -0.231. The van der Waals surface area contributed by atoms with Crippen LogP contribution in [0.5, 0.6) is 0 Å². The quantitative estimate of drug-likeness (QED) is 0.694. The molecule has 136 valence electrons. The van der Waals surface area contributed by atoms with Crippen molar-refractivity contribution in [3.8, 4) is 0 Å². The van der Waals surface area contributed by atoms with Gasteiger partial charge < -0.3 is 34.3 Å². The Bertz CT molecular complexity index is 536. The van der Waals surface area contributed by atoms with E-state index in [0.717, 1.165) is 0 Å². The fraction of sp³-hybridized carbons (Fsp3) is 0.867. The number of amides is 2. The van der Waals surface area contributed by atoms with Crippen molar-refractivity contribution in [2.45, 2.75) is 70.0 Å². The lowest BCUT2D eigenvalue weighted by atomic mass is 9.98. The highest BCUT2D eigenvalue weighted by Gasteiger charge is 2.62. The first kappa shape index (κ1) is 17.6. The number of rotatable bonds is 3. The van der Waals surface area contributed by atoms with E-state index in [-0.39, 0.29) is 12.5 Å². The highest BCUT2D eigenvalue weighted by Crippen LogP contribution is 2.44. The Morgan fingerprint density at radius 2 is 1.50 bits per heavy atom. The average Bonchev–Trinajstić information content (AvgIpc) is 2.97. The summed E-state index contributed by atoms with van der Waals surface area (Å²) in [7, 11) is 1.49. The van der Waals surface area contributed by atoms with Crippen molar-refractivity contribution in [3.05, 3.63) is 0 Å². The largest absolute Gasteiger partial charge is 0.358 e. The zero-order chi connectivity index (χ0) is 17.7. The van der Waals surface area contributed by atoms with E-state index in [2.05, 4.69) is 10.6 Å². The Morgan fingerprint density at radius 3 is 2.17 bits per heavy atom. The second kappa shape index (κ2) is 5.92. The number of carbonyl (C=O) groups excluding carboxylic acids is 2. The van der Waals surface area contributed by atoms with Crippen molar-refractivity contribution in [1.82, 2.24) is 10.6 Å². The molecule has 5 atom stereocenters. The van der Waals surface area contributed by atoms with E-state index in [9.17, 15) is 9.59 Å². The van der Waals surface area contributed by atoms with Gasteiger partial charge in [0.25, 0.3) is 5.91 Å². The summed E-state index contributed by atoms with van der Waals surface area (Å²) in [4.78, 5) is 23.8. The molecule has 9 nitrogen and oxygen atoms in total. The molecule has 9 heteroatoms. The first-order valence-corrected chi connectivity index (χ1v) is 7.97. The van der Waals surface area contributed by atoms with Gasteiger partial charge in [0.05, 0.1) is 6.54 Å². The molecule has 0 radical (unpaired) electrons. The zero-order valence-electron chi connectivity index (χ0n) is 14.5. The molecular weight excluding hydrogens is 320 g/mol. The monoisotopic (exact) mass is 344 g/mol. The van der Waals surface area contributed by atoms with Crippen LogP contribution in [0.15, 0.2) is 0 Å². The smallest absolute Gasteiger partial charge is 0.252 e. The molecule has 0 spiro atoms. The predicted octanol–water partition coefficient (Wildman–Crippen LogP) is -0.755. The van der Waals surface area contributed by atoms with Gasteiger partial charge in [0.1, 0.15) is 18.3 Å². The molecule has 0 saturated carbocycles. The fourth-order valence-electron chi connectivity index (χ4n) is 3.18. The van der Waals surface area contributed by atoms with Gasteiger partial charge in [-0.15, -0.1) is 0 Å². The summed E-state index contributed by atoms with van der Waals surface area (Å²) in [6.45, 7) is 6.92. The van der Waals surface area contributed by atoms with Gasteiger partial charge in [-0.25, -0.2) is 0 Å². The summed E-state index contributed by atoms with van der Waals surface area (Å²) in [5.41, 5.74) is 0. The number of hydrogen-bond acceptors (Lipinski definition) is 7. The second-order valence-electron chi connectivity index (χ2n) is 6.98. The maximum absolute atomic E-state index is 12.5. The summed E-state index contributed by atoms with van der Waals surface area (Å²) < 4.78 is 29.1. The van der Waals surface area contributed by atoms with E-state index in [1.165, 1.54) is 7.05 Å². The average molecular weight is 344 g/mol. The van der Waals surface area contributed by atoms with Gasteiger partial charge in [-0.2, -0.15) is 0 Å². The van der Waals surface area contributed by atoms with E-state index in [0.29, 0.717) is 0 Å². The lowest BCUT2D eigenvalue weighted by Gasteiger charge is -2.36. The van der Waals surface area contributed by atoms with E-state index < -0.39 is 48.2 Å². The van der Waals surface area contributed by atoms with Crippen LogP contribution in [0.2, 0.25) is 0 Å². The molecule has 24 heavy (non-hydrogen) atoms. The van der Waals surface area contributed by atoms with Gasteiger partial charge >= 0.3 is 0 Å². The summed E-state index contributed by atoms with van der Waals surface area (Å²) in [5.74, 6) is -2.48. The van der Waals surface area contributed by atoms with E-state index in [1.54, 1.807) is 27.7 Å². The van der Waals surface area contributed by atoms with Crippen LogP contribution >= 0.6 is 0 Å². The summed E-state index contributed by atoms with van der Waals surface area (Å²) >= 11 is 0. The van der Waals surface area contributed by atoms with Gasteiger partial charge in [0.15, 0.2) is 24.0 Å². The van der Waals surface area contributed by atoms with E-state index in [1.807, 2.05) is 0 Å². The van der Waals surface area contributed by atoms with E-state index in [4.69, 9.17) is 23.7 Å². The molecule has 3 aliphatic heterocycles. The maximum atomic E-state index is 12.5. The first-order chi connectivity index (χ1) is 11.1. The minimum Gasteiger partial charge on any atom is -0.358 e. The molecule has 3 aliphatic rings. The van der Waals surface area contributed by atoms with E-state index >= 15 is 0 Å². The molecule has 0 aromatic carbocycles. The minimum absolute atomic E-state index is 0.145. The molecule has 3 heterocycles. The third-order valence-corrected chi connectivity index (χ3v) is 4.12. The molecule has 3 rings (SSSR count). The number of hydrogen-bond donors (Lipinski definition) is 2. The van der Waals surface area contributed by atoms with Crippen LogP contribution in [-0.4, -0.2) is 67.7 Å². The summed E-state index contributed by atoms with van der Waals surface area (Å²) in [6.07, 6.45) is -3.34. The summed E-state index contributed by atoms with van der Waals surface area (Å²) in [6, 6.07) is 0. The van der Waals surface area contributed by atoms with Crippen LogP contribution in [0.1, 0.15) is 27.7 Å². The molecule has 2 N–H and O–H groups in total. The molecular formula is C15H24N2O7. The molecule has 0 unspecified atom stereocenters. The van der Waals surface area contributed by atoms with Crippen LogP contribution < -0.4 is 10.6 Å². The molecule has 0 bridgehead atoms. The fourth-order valence-corrected chi connectivity index (χ4v) is 3.18. The van der Waals surface area contributed by atoms with Crippen LogP contribution in [0, 0.1) is 0 Å². The summed E-state index contributed by atoms with van der Waals surface area (Å²) in [5, 5.41) is 4.97. The Labute approximate surface area is 140 Å². The number of fused-ring (bicyclic) bond motifs is 3. The first-order valence-electron chi connectivity index (χ1n) is 7.97. The third-order valence-electron chi connectivity index (χ3n) is 4.12. The third kappa shape index (κ3) is 3.27. The number of carbonyl (C=O) groups is 2. The second-order valence-corrected chi connectivity index (χ2v) is 6.98. The molecule has 2 amide bonds. The lowest BCUT2D eigenvalue weighted by Crippen LogP contribution is -2.60. The molecule has 0 aromatic rings. The van der Waals surface area contributed by atoms with Gasteiger partial charge in [-0.05, 0) is 27.7 Å². The predicted molar refractivity (Wildman–Crippen MR) is 79.6 cm³/mol. The van der Waals surface area contributed by atoms with Crippen molar-refractivity contribution in [3.63, 3.8) is 0 Å². The standard InChI is InChI=1S/C15H24N2O7/c1-14(2)21-8-9(22-14)11-13(24-15(3,4)23-11)20-10(8)12(19)17-6-7(18)16-5/h8-11,13H,6H2,1-5H3,(H,16,18)(H,17,19)/t8-,9-,10-,11-,13-/m1/s1.